The second kappa shape index (κ2) is 7.28. The Labute approximate surface area is 166 Å². The van der Waals surface area contributed by atoms with Crippen LogP contribution in [0.2, 0.25) is 0 Å². The fourth-order valence-corrected chi connectivity index (χ4v) is 3.26. The molecule has 4 rings (SSSR count). The van der Waals surface area contributed by atoms with E-state index < -0.39 is 17.7 Å². The van der Waals surface area contributed by atoms with Crippen LogP contribution in [-0.2, 0) is 9.59 Å². The number of nitrogens with zero attached hydrogens (tertiary/aromatic N) is 3. The van der Waals surface area contributed by atoms with Gasteiger partial charge in [-0.25, -0.2) is 0 Å². The number of thiocarbonyl (C=S) groups is 1. The van der Waals surface area contributed by atoms with E-state index in [1.54, 1.807) is 24.4 Å². The van der Waals surface area contributed by atoms with Crippen molar-refractivity contribution in [3.8, 4) is 0 Å². The van der Waals surface area contributed by atoms with Crippen molar-refractivity contribution in [2.45, 2.75) is 6.92 Å². The maximum absolute atomic E-state index is 12.9. The van der Waals surface area contributed by atoms with Crippen LogP contribution in [0, 0.1) is 12.8 Å². The summed E-state index contributed by atoms with van der Waals surface area (Å²) in [6, 6.07) is 16.6. The molecule has 1 aliphatic rings. The lowest BCUT2D eigenvalue weighted by atomic mass is 10.1. The lowest BCUT2D eigenvalue weighted by Gasteiger charge is -2.30. The van der Waals surface area contributed by atoms with Gasteiger partial charge in [-0.15, -0.1) is 0 Å². The smallest absolute Gasteiger partial charge is 0.251 e. The first-order chi connectivity index (χ1) is 13.5. The van der Waals surface area contributed by atoms with E-state index >= 15 is 0 Å². The van der Waals surface area contributed by atoms with Crippen LogP contribution in [0.1, 0.15) is 5.56 Å². The number of nitrogens with one attached hydrogen (secondary N) is 1. The third-order valence-electron chi connectivity index (χ3n) is 4.45. The highest BCUT2D eigenvalue weighted by Crippen LogP contribution is 2.23. The number of hydrogen-bond donors (Lipinski definition) is 1. The SMILES string of the molecule is Cc1ccc(N2C(=O)[C@H](C=Nc3ccc4ncccc4c3)C(=O)NC2=S)cc1. The molecule has 6 nitrogen and oxygen atoms in total. The minimum atomic E-state index is -1.06. The average molecular weight is 388 g/mol. The van der Waals surface area contributed by atoms with Gasteiger partial charge in [0.15, 0.2) is 11.0 Å². The maximum Gasteiger partial charge on any atom is 0.251 e. The van der Waals surface area contributed by atoms with Gasteiger partial charge in [0.05, 0.1) is 16.9 Å². The van der Waals surface area contributed by atoms with Gasteiger partial charge in [0.2, 0.25) is 5.91 Å². The molecule has 0 bridgehead atoms. The van der Waals surface area contributed by atoms with Gasteiger partial charge in [-0.2, -0.15) is 0 Å². The fourth-order valence-electron chi connectivity index (χ4n) is 2.96. The summed E-state index contributed by atoms with van der Waals surface area (Å²) >= 11 is 5.20. The third-order valence-corrected chi connectivity index (χ3v) is 4.74. The van der Waals surface area contributed by atoms with Crippen molar-refractivity contribution in [3.05, 3.63) is 66.4 Å². The van der Waals surface area contributed by atoms with Crippen LogP contribution in [-0.4, -0.2) is 28.1 Å². The van der Waals surface area contributed by atoms with E-state index in [-0.39, 0.29) is 5.11 Å². The number of rotatable bonds is 3. The molecule has 0 saturated carbocycles. The summed E-state index contributed by atoms with van der Waals surface area (Å²) in [6.07, 6.45) is 3.08. The number of carbonyl (C=O) groups is 2. The minimum absolute atomic E-state index is 0.0697. The summed E-state index contributed by atoms with van der Waals surface area (Å²) < 4.78 is 0. The Bertz CT molecular complexity index is 1120. The number of hydrogen-bond acceptors (Lipinski definition) is 5. The molecule has 2 heterocycles. The van der Waals surface area contributed by atoms with E-state index in [9.17, 15) is 9.59 Å². The van der Waals surface area contributed by atoms with Crippen LogP contribution in [0.3, 0.4) is 0 Å². The van der Waals surface area contributed by atoms with Crippen LogP contribution >= 0.6 is 12.2 Å². The van der Waals surface area contributed by atoms with Crippen molar-refractivity contribution in [1.82, 2.24) is 10.3 Å². The number of fused-ring (bicyclic) bond motifs is 1. The lowest BCUT2D eigenvalue weighted by molar-refractivity contribution is -0.130. The summed E-state index contributed by atoms with van der Waals surface area (Å²) in [5.74, 6) is -1.97. The van der Waals surface area contributed by atoms with Crippen LogP contribution < -0.4 is 10.2 Å². The van der Waals surface area contributed by atoms with E-state index in [1.807, 2.05) is 43.3 Å². The van der Waals surface area contributed by atoms with Gasteiger partial charge in [0.25, 0.3) is 5.91 Å². The number of pyridine rings is 1. The molecule has 1 N–H and O–H groups in total. The number of carbonyl (C=O) groups excluding carboxylic acids is 2. The molecule has 0 unspecified atom stereocenters. The topological polar surface area (TPSA) is 74.7 Å². The molecule has 28 heavy (non-hydrogen) atoms. The first-order valence-corrected chi connectivity index (χ1v) is 9.08. The Morgan fingerprint density at radius 2 is 1.93 bits per heavy atom. The number of aromatic nitrogens is 1. The summed E-state index contributed by atoms with van der Waals surface area (Å²) in [5, 5.41) is 3.58. The minimum Gasteiger partial charge on any atom is -0.301 e. The van der Waals surface area contributed by atoms with Gasteiger partial charge >= 0.3 is 0 Å². The largest absolute Gasteiger partial charge is 0.301 e. The highest BCUT2D eigenvalue weighted by molar-refractivity contribution is 7.80. The average Bonchev–Trinajstić information content (AvgIpc) is 2.69. The molecule has 1 saturated heterocycles. The molecule has 0 aliphatic carbocycles. The summed E-state index contributed by atoms with van der Waals surface area (Å²) in [5.41, 5.74) is 3.16. The Kier molecular flexibility index (Phi) is 4.67. The second-order valence-corrected chi connectivity index (χ2v) is 6.83. The van der Waals surface area contributed by atoms with Gasteiger partial charge in [-0.3, -0.25) is 24.5 Å². The monoisotopic (exact) mass is 388 g/mol. The standard InChI is InChI=1S/C21H16N4O2S/c1-13-4-7-16(8-5-13)25-20(27)17(19(26)24-21(25)28)12-23-15-6-9-18-14(11-15)3-2-10-22-18/h2-12,17H,1H3,(H,24,26,28)/t17-/m1/s1. The molecule has 3 aromatic rings. The molecule has 0 spiro atoms. The highest BCUT2D eigenvalue weighted by atomic mass is 32.1. The van der Waals surface area contributed by atoms with Gasteiger partial charge < -0.3 is 5.32 Å². The molecule has 1 aliphatic heterocycles. The van der Waals surface area contributed by atoms with Gasteiger partial charge in [-0.05, 0) is 55.5 Å². The molecule has 2 aromatic carbocycles. The van der Waals surface area contributed by atoms with E-state index in [4.69, 9.17) is 12.2 Å². The maximum atomic E-state index is 12.9. The summed E-state index contributed by atoms with van der Waals surface area (Å²) in [6.45, 7) is 1.95. The van der Waals surface area contributed by atoms with E-state index in [0.29, 0.717) is 11.4 Å². The van der Waals surface area contributed by atoms with Crippen molar-refractivity contribution in [1.29, 1.82) is 0 Å². The molecule has 1 aromatic heterocycles. The first kappa shape index (κ1) is 17.9. The van der Waals surface area contributed by atoms with Crippen LogP contribution in [0.15, 0.2) is 65.8 Å². The summed E-state index contributed by atoms with van der Waals surface area (Å²) in [7, 11) is 0. The van der Waals surface area contributed by atoms with Crippen LogP contribution in [0.4, 0.5) is 11.4 Å². The van der Waals surface area contributed by atoms with Crippen molar-refractivity contribution >= 4 is 57.6 Å². The quantitative estimate of drug-likeness (QED) is 0.424. The Hall–Kier alpha value is -3.45. The van der Waals surface area contributed by atoms with Crippen molar-refractivity contribution < 1.29 is 9.59 Å². The number of aryl methyl sites for hydroxylation is 1. The predicted octanol–water partition coefficient (Wildman–Crippen LogP) is 3.31. The molecule has 0 radical (unpaired) electrons. The van der Waals surface area contributed by atoms with E-state index in [1.165, 1.54) is 11.1 Å². The first-order valence-electron chi connectivity index (χ1n) is 8.67. The molecule has 138 valence electrons. The summed E-state index contributed by atoms with van der Waals surface area (Å²) in [4.78, 5) is 35.2. The zero-order valence-electron chi connectivity index (χ0n) is 15.0. The number of anilines is 1. The highest BCUT2D eigenvalue weighted by Gasteiger charge is 2.38. The number of benzene rings is 2. The van der Waals surface area contributed by atoms with E-state index in [0.717, 1.165) is 16.5 Å². The molecule has 1 fully saturated rings. The fraction of sp³-hybridized carbons (Fsp3) is 0.0952. The molecular formula is C21H16N4O2S. The third kappa shape index (κ3) is 3.39. The van der Waals surface area contributed by atoms with Crippen molar-refractivity contribution in [3.63, 3.8) is 0 Å². The molecule has 1 atom stereocenters. The second-order valence-electron chi connectivity index (χ2n) is 6.44. The number of amides is 2. The Balaban J connectivity index is 1.62. The van der Waals surface area contributed by atoms with Crippen molar-refractivity contribution in [2.75, 3.05) is 4.90 Å². The molecule has 7 heteroatoms. The Morgan fingerprint density at radius 1 is 1.14 bits per heavy atom. The lowest BCUT2D eigenvalue weighted by Crippen LogP contribution is -2.58. The van der Waals surface area contributed by atoms with Gasteiger partial charge in [0, 0.05) is 17.8 Å². The molecular weight excluding hydrogens is 372 g/mol. The van der Waals surface area contributed by atoms with Crippen LogP contribution in [0.25, 0.3) is 10.9 Å². The Morgan fingerprint density at radius 3 is 2.71 bits per heavy atom. The van der Waals surface area contributed by atoms with Gasteiger partial charge in [-0.1, -0.05) is 23.8 Å². The normalized spacial score (nSPS) is 17.4. The van der Waals surface area contributed by atoms with Crippen molar-refractivity contribution in [2.24, 2.45) is 10.9 Å². The van der Waals surface area contributed by atoms with E-state index in [2.05, 4.69) is 15.3 Å². The van der Waals surface area contributed by atoms with Gasteiger partial charge in [0.1, 0.15) is 0 Å². The zero-order valence-corrected chi connectivity index (χ0v) is 15.8. The zero-order chi connectivity index (χ0) is 19.7. The molecule has 2 amide bonds. The predicted molar refractivity (Wildman–Crippen MR) is 113 cm³/mol. The number of aliphatic imine (C=N–C) groups is 1. The van der Waals surface area contributed by atoms with Crippen LogP contribution in [0.5, 0.6) is 0 Å².